The first-order chi connectivity index (χ1) is 13.8. The zero-order valence-corrected chi connectivity index (χ0v) is 18.3. The van der Waals surface area contributed by atoms with E-state index in [2.05, 4.69) is 20.5 Å². The number of sulfone groups is 1. The van der Waals surface area contributed by atoms with Crippen LogP contribution in [0.4, 0.5) is 5.69 Å². The summed E-state index contributed by atoms with van der Waals surface area (Å²) < 4.78 is 31.0. The summed E-state index contributed by atoms with van der Waals surface area (Å²) in [6, 6.07) is 5.05. The fourth-order valence-corrected chi connectivity index (χ4v) is 5.43. The summed E-state index contributed by atoms with van der Waals surface area (Å²) in [5, 5.41) is 10.2. The summed E-state index contributed by atoms with van der Waals surface area (Å²) in [5.74, 6) is 0. The summed E-state index contributed by atoms with van der Waals surface area (Å²) >= 11 is 6.23. The summed E-state index contributed by atoms with van der Waals surface area (Å²) in [5.41, 5.74) is 3.87. The normalized spacial score (nSPS) is 15.0. The maximum absolute atomic E-state index is 12.9. The molecule has 156 valence electrons. The number of aryl methyl sites for hydroxylation is 2. The van der Waals surface area contributed by atoms with Gasteiger partial charge in [0.15, 0.2) is 9.84 Å². The van der Waals surface area contributed by atoms with Crippen LogP contribution in [0, 0.1) is 13.8 Å². The number of nitrogens with one attached hydrogen (secondary N) is 2. The number of nitrogens with zero attached hydrogens (tertiary/aromatic N) is 2. The van der Waals surface area contributed by atoms with Gasteiger partial charge in [0.1, 0.15) is 0 Å². The van der Waals surface area contributed by atoms with Crippen LogP contribution < -0.4 is 5.32 Å². The largest absolute Gasteiger partial charge is 0.388 e. The van der Waals surface area contributed by atoms with E-state index in [0.29, 0.717) is 31.6 Å². The number of fused-ring (bicyclic) bond motifs is 1. The van der Waals surface area contributed by atoms with Gasteiger partial charge in [-0.25, -0.2) is 8.42 Å². The minimum Gasteiger partial charge on any atom is -0.388 e. The van der Waals surface area contributed by atoms with Gasteiger partial charge >= 0.3 is 0 Å². The second-order valence-corrected chi connectivity index (χ2v) is 9.55. The number of H-pyrrole nitrogens is 1. The molecule has 0 radical (unpaired) electrons. The van der Waals surface area contributed by atoms with Crippen molar-refractivity contribution in [2.24, 2.45) is 0 Å². The lowest BCUT2D eigenvalue weighted by Crippen LogP contribution is -2.29. The molecule has 3 aromatic rings. The molecule has 2 aromatic heterocycles. The number of hydrogen-bond donors (Lipinski definition) is 2. The Morgan fingerprint density at radius 2 is 1.97 bits per heavy atom. The standard InChI is InChI=1S/C15H17ClN2O3S.C5H8N2/c1-17-13-2-5-18-14-9-12(16)15(8-11(13)14)22(19,20)10-3-6-21-7-4-10;1-4-3-6-7-5(4)2/h2,5,8-10H,3-4,6-7H2,1H3,(H,17,18);3H,1-2H3,(H,6,7). The molecule has 29 heavy (non-hydrogen) atoms. The zero-order chi connectivity index (χ0) is 21.0. The second-order valence-electron chi connectivity index (χ2n) is 6.94. The van der Waals surface area contributed by atoms with Crippen molar-refractivity contribution in [1.29, 1.82) is 0 Å². The Morgan fingerprint density at radius 1 is 1.24 bits per heavy atom. The number of rotatable bonds is 3. The summed E-state index contributed by atoms with van der Waals surface area (Å²) in [7, 11) is -1.69. The fraction of sp³-hybridized carbons (Fsp3) is 0.400. The van der Waals surface area contributed by atoms with Crippen LogP contribution in [0.1, 0.15) is 24.1 Å². The lowest BCUT2D eigenvalue weighted by Gasteiger charge is -2.23. The number of ether oxygens (including phenoxy) is 1. The van der Waals surface area contributed by atoms with Gasteiger partial charge in [-0.05, 0) is 50.5 Å². The second kappa shape index (κ2) is 9.11. The highest BCUT2D eigenvalue weighted by Gasteiger charge is 2.31. The van der Waals surface area contributed by atoms with Gasteiger partial charge in [0.05, 0.1) is 26.9 Å². The molecule has 0 aliphatic carbocycles. The number of aromatic nitrogens is 3. The van der Waals surface area contributed by atoms with Crippen LogP contribution in [0.5, 0.6) is 0 Å². The van der Waals surface area contributed by atoms with Crippen LogP contribution in [0.15, 0.2) is 35.5 Å². The van der Waals surface area contributed by atoms with E-state index in [0.717, 1.165) is 16.8 Å². The number of hydrogen-bond acceptors (Lipinski definition) is 6. The molecule has 0 bridgehead atoms. The van der Waals surface area contributed by atoms with Gasteiger partial charge in [0, 0.05) is 43.2 Å². The SMILES string of the molecule is CNc1ccnc2cc(Cl)c(S(=O)(=O)C3CCOCC3)cc12.Cc1cn[nH]c1C. The van der Waals surface area contributed by atoms with E-state index in [1.54, 1.807) is 31.4 Å². The Hall–Kier alpha value is -2.16. The molecular formula is C20H25ClN4O3S. The van der Waals surface area contributed by atoms with Crippen molar-refractivity contribution >= 4 is 38.0 Å². The van der Waals surface area contributed by atoms with Gasteiger partial charge in [0.25, 0.3) is 0 Å². The monoisotopic (exact) mass is 436 g/mol. The first kappa shape index (κ1) is 21.5. The third-order valence-corrected chi connectivity index (χ3v) is 7.78. The minimum atomic E-state index is -3.48. The Morgan fingerprint density at radius 3 is 2.52 bits per heavy atom. The van der Waals surface area contributed by atoms with Crippen LogP contribution in [-0.4, -0.2) is 49.1 Å². The summed E-state index contributed by atoms with van der Waals surface area (Å²) in [4.78, 5) is 4.43. The van der Waals surface area contributed by atoms with Gasteiger partial charge in [-0.3, -0.25) is 10.1 Å². The third-order valence-electron chi connectivity index (χ3n) is 5.06. The van der Waals surface area contributed by atoms with Crippen LogP contribution in [0.25, 0.3) is 10.9 Å². The van der Waals surface area contributed by atoms with Crippen molar-refractivity contribution in [2.45, 2.75) is 36.8 Å². The van der Waals surface area contributed by atoms with Crippen LogP contribution in [-0.2, 0) is 14.6 Å². The van der Waals surface area contributed by atoms with Gasteiger partial charge in [-0.15, -0.1) is 0 Å². The molecule has 0 spiro atoms. The van der Waals surface area contributed by atoms with Gasteiger partial charge in [0.2, 0.25) is 0 Å². The predicted molar refractivity (Wildman–Crippen MR) is 115 cm³/mol. The van der Waals surface area contributed by atoms with Crippen molar-refractivity contribution < 1.29 is 13.2 Å². The van der Waals surface area contributed by atoms with Crippen LogP contribution in [0.2, 0.25) is 5.02 Å². The molecule has 4 rings (SSSR count). The maximum Gasteiger partial charge on any atom is 0.182 e. The zero-order valence-electron chi connectivity index (χ0n) is 16.7. The average Bonchev–Trinajstić information content (AvgIpc) is 3.10. The predicted octanol–water partition coefficient (Wildman–Crippen LogP) is 3.91. The Labute approximate surface area is 175 Å². The quantitative estimate of drug-likeness (QED) is 0.646. The number of aromatic amines is 1. The Bertz CT molecular complexity index is 1080. The minimum absolute atomic E-state index is 0.179. The molecule has 2 N–H and O–H groups in total. The average molecular weight is 437 g/mol. The number of anilines is 1. The molecule has 0 unspecified atom stereocenters. The molecule has 1 aromatic carbocycles. The van der Waals surface area contributed by atoms with E-state index < -0.39 is 15.1 Å². The molecule has 0 saturated carbocycles. The topological polar surface area (TPSA) is 97.0 Å². The highest BCUT2D eigenvalue weighted by molar-refractivity contribution is 7.92. The molecule has 1 saturated heterocycles. The third kappa shape index (κ3) is 4.71. The molecule has 3 heterocycles. The van der Waals surface area contributed by atoms with E-state index in [9.17, 15) is 8.42 Å². The highest BCUT2D eigenvalue weighted by Crippen LogP contribution is 2.34. The van der Waals surface area contributed by atoms with Crippen LogP contribution in [0.3, 0.4) is 0 Å². The number of benzene rings is 1. The van der Waals surface area contributed by atoms with E-state index in [1.165, 1.54) is 5.56 Å². The van der Waals surface area contributed by atoms with E-state index in [4.69, 9.17) is 16.3 Å². The van der Waals surface area contributed by atoms with Crippen molar-refractivity contribution in [3.8, 4) is 0 Å². The first-order valence-electron chi connectivity index (χ1n) is 9.38. The molecule has 1 aliphatic rings. The highest BCUT2D eigenvalue weighted by atomic mass is 35.5. The Balaban J connectivity index is 0.000000290. The molecule has 0 amide bonds. The lowest BCUT2D eigenvalue weighted by molar-refractivity contribution is 0.0983. The fourth-order valence-electron chi connectivity index (χ4n) is 3.16. The van der Waals surface area contributed by atoms with E-state index >= 15 is 0 Å². The maximum atomic E-state index is 12.9. The molecule has 0 atom stereocenters. The first-order valence-corrected chi connectivity index (χ1v) is 11.3. The Kier molecular flexibility index (Phi) is 6.77. The van der Waals surface area contributed by atoms with Gasteiger partial charge in [-0.1, -0.05) is 11.6 Å². The van der Waals surface area contributed by atoms with Crippen molar-refractivity contribution in [3.05, 3.63) is 46.9 Å². The number of pyridine rings is 1. The van der Waals surface area contributed by atoms with Crippen molar-refractivity contribution in [3.63, 3.8) is 0 Å². The molecule has 1 aliphatic heterocycles. The molecule has 1 fully saturated rings. The van der Waals surface area contributed by atoms with Crippen molar-refractivity contribution in [1.82, 2.24) is 15.2 Å². The van der Waals surface area contributed by atoms with Gasteiger partial charge in [-0.2, -0.15) is 5.10 Å². The van der Waals surface area contributed by atoms with Crippen LogP contribution >= 0.6 is 11.6 Å². The van der Waals surface area contributed by atoms with E-state index in [1.807, 2.05) is 20.0 Å². The summed E-state index contributed by atoms with van der Waals surface area (Å²) in [6.07, 6.45) is 4.48. The molecule has 7 nitrogen and oxygen atoms in total. The molecule has 9 heteroatoms. The smallest absolute Gasteiger partial charge is 0.182 e. The summed E-state index contributed by atoms with van der Waals surface area (Å²) in [6.45, 7) is 4.97. The molecular weight excluding hydrogens is 412 g/mol. The lowest BCUT2D eigenvalue weighted by atomic mass is 10.2. The van der Waals surface area contributed by atoms with Crippen molar-refractivity contribution in [2.75, 3.05) is 25.6 Å². The van der Waals surface area contributed by atoms with E-state index in [-0.39, 0.29) is 9.92 Å². The van der Waals surface area contributed by atoms with Gasteiger partial charge < -0.3 is 10.1 Å². The number of halogens is 1.